The lowest BCUT2D eigenvalue weighted by molar-refractivity contribution is 0.306. The van der Waals surface area contributed by atoms with Gasteiger partial charge in [-0.25, -0.2) is 4.39 Å². The number of nitrogen functional groups attached to an aromatic ring is 1. The highest BCUT2D eigenvalue weighted by atomic mass is 35.5. The highest BCUT2D eigenvalue weighted by Gasteiger charge is 2.07. The van der Waals surface area contributed by atoms with Crippen molar-refractivity contribution in [2.75, 3.05) is 0 Å². The Morgan fingerprint density at radius 1 is 1.21 bits per heavy atom. The molecule has 0 aliphatic rings. The molecule has 0 saturated carbocycles. The summed E-state index contributed by atoms with van der Waals surface area (Å²) in [4.78, 5) is 0. The molecule has 0 atom stereocenters. The third kappa shape index (κ3) is 3.45. The molecular formula is C14H12ClFN2O. The molecule has 2 aromatic rings. The van der Waals surface area contributed by atoms with Gasteiger partial charge in [0.25, 0.3) is 0 Å². The summed E-state index contributed by atoms with van der Waals surface area (Å²) in [6.45, 7) is 0.205. The van der Waals surface area contributed by atoms with Crippen molar-refractivity contribution in [3.05, 3.63) is 64.4 Å². The maximum absolute atomic E-state index is 13.1. The van der Waals surface area contributed by atoms with Crippen LogP contribution in [0, 0.1) is 11.2 Å². The van der Waals surface area contributed by atoms with Crippen LogP contribution in [-0.4, -0.2) is 5.84 Å². The second-order valence-electron chi connectivity index (χ2n) is 3.96. The lowest BCUT2D eigenvalue weighted by Crippen LogP contribution is -2.15. The Balaban J connectivity index is 2.15. The Morgan fingerprint density at radius 3 is 2.53 bits per heavy atom. The molecule has 0 bridgehead atoms. The quantitative estimate of drug-likeness (QED) is 0.666. The Hall–Kier alpha value is -2.07. The van der Waals surface area contributed by atoms with Gasteiger partial charge in [-0.2, -0.15) is 0 Å². The van der Waals surface area contributed by atoms with E-state index in [0.29, 0.717) is 21.9 Å². The van der Waals surface area contributed by atoms with Gasteiger partial charge in [0, 0.05) is 16.1 Å². The van der Waals surface area contributed by atoms with E-state index in [-0.39, 0.29) is 12.4 Å². The Bertz CT molecular complexity index is 599. The van der Waals surface area contributed by atoms with Crippen LogP contribution in [-0.2, 0) is 6.61 Å². The predicted octanol–water partition coefficient (Wildman–Crippen LogP) is 3.34. The maximum Gasteiger partial charge on any atom is 0.123 e. The van der Waals surface area contributed by atoms with Crippen LogP contribution in [0.4, 0.5) is 4.39 Å². The number of hydrogen-bond acceptors (Lipinski definition) is 2. The monoisotopic (exact) mass is 278 g/mol. The smallest absolute Gasteiger partial charge is 0.123 e. The molecule has 0 spiro atoms. The average Bonchev–Trinajstić information content (AvgIpc) is 2.39. The summed E-state index contributed by atoms with van der Waals surface area (Å²) in [5.74, 6) is 0.0258. The summed E-state index contributed by atoms with van der Waals surface area (Å²) in [7, 11) is 0. The van der Waals surface area contributed by atoms with Gasteiger partial charge in [-0.3, -0.25) is 5.41 Å². The number of nitrogens with two attached hydrogens (primary N) is 1. The zero-order chi connectivity index (χ0) is 13.8. The van der Waals surface area contributed by atoms with Crippen LogP contribution in [0.2, 0.25) is 5.02 Å². The highest BCUT2D eigenvalue weighted by molar-refractivity contribution is 6.30. The molecule has 0 aliphatic heterocycles. The molecule has 0 saturated heterocycles. The maximum atomic E-state index is 13.1. The number of rotatable bonds is 4. The number of nitrogens with one attached hydrogen (secondary N) is 1. The normalized spacial score (nSPS) is 10.2. The van der Waals surface area contributed by atoms with Gasteiger partial charge in [0.2, 0.25) is 0 Å². The molecule has 0 radical (unpaired) electrons. The molecule has 0 unspecified atom stereocenters. The lowest BCUT2D eigenvalue weighted by Gasteiger charge is -2.10. The van der Waals surface area contributed by atoms with Crippen molar-refractivity contribution in [3.63, 3.8) is 0 Å². The van der Waals surface area contributed by atoms with Crippen molar-refractivity contribution in [2.24, 2.45) is 5.73 Å². The van der Waals surface area contributed by atoms with Crippen LogP contribution in [0.25, 0.3) is 0 Å². The van der Waals surface area contributed by atoms with Gasteiger partial charge < -0.3 is 10.5 Å². The zero-order valence-electron chi connectivity index (χ0n) is 9.99. The molecule has 3 N–H and O–H groups in total. The van der Waals surface area contributed by atoms with E-state index in [9.17, 15) is 4.39 Å². The van der Waals surface area contributed by atoms with E-state index in [4.69, 9.17) is 27.5 Å². The van der Waals surface area contributed by atoms with Gasteiger partial charge in [-0.05, 0) is 36.4 Å². The number of hydrogen-bond donors (Lipinski definition) is 2. The molecule has 2 aromatic carbocycles. The largest absolute Gasteiger partial charge is 0.489 e. The van der Waals surface area contributed by atoms with Gasteiger partial charge >= 0.3 is 0 Å². The number of amidine groups is 1. The van der Waals surface area contributed by atoms with Gasteiger partial charge in [-0.15, -0.1) is 0 Å². The summed E-state index contributed by atoms with van der Waals surface area (Å²) >= 11 is 5.77. The van der Waals surface area contributed by atoms with E-state index in [1.54, 1.807) is 30.3 Å². The minimum atomic E-state index is -0.430. The summed E-state index contributed by atoms with van der Waals surface area (Å²) in [5, 5.41) is 8.05. The van der Waals surface area contributed by atoms with E-state index in [2.05, 4.69) is 0 Å². The predicted molar refractivity (Wildman–Crippen MR) is 73.2 cm³/mol. The summed E-state index contributed by atoms with van der Waals surface area (Å²) in [6, 6.07) is 11.0. The van der Waals surface area contributed by atoms with Crippen LogP contribution >= 0.6 is 11.6 Å². The van der Waals surface area contributed by atoms with Crippen molar-refractivity contribution >= 4 is 17.4 Å². The van der Waals surface area contributed by atoms with Gasteiger partial charge in [0.05, 0.1) is 0 Å². The molecule has 19 heavy (non-hydrogen) atoms. The second kappa shape index (κ2) is 5.71. The highest BCUT2D eigenvalue weighted by Crippen LogP contribution is 2.18. The summed E-state index contributed by atoms with van der Waals surface area (Å²) in [5.41, 5.74) is 6.41. The van der Waals surface area contributed by atoms with E-state index >= 15 is 0 Å². The number of halogens is 2. The lowest BCUT2D eigenvalue weighted by atomic mass is 10.1. The van der Waals surface area contributed by atoms with E-state index in [1.807, 2.05) is 0 Å². The summed E-state index contributed by atoms with van der Waals surface area (Å²) < 4.78 is 18.7. The third-order valence-corrected chi connectivity index (χ3v) is 2.82. The van der Waals surface area contributed by atoms with Crippen molar-refractivity contribution in [2.45, 2.75) is 6.61 Å². The fourth-order valence-electron chi connectivity index (χ4n) is 1.62. The molecular weight excluding hydrogens is 267 g/mol. The third-order valence-electron chi connectivity index (χ3n) is 2.57. The molecule has 98 valence electrons. The second-order valence-corrected chi connectivity index (χ2v) is 4.39. The minimum absolute atomic E-state index is 0.186. The van der Waals surface area contributed by atoms with E-state index in [1.165, 1.54) is 12.1 Å². The Labute approximate surface area is 115 Å². The Kier molecular flexibility index (Phi) is 4.02. The molecule has 2 rings (SSSR count). The minimum Gasteiger partial charge on any atom is -0.489 e. The zero-order valence-corrected chi connectivity index (χ0v) is 10.7. The van der Waals surface area contributed by atoms with Crippen LogP contribution in [0.3, 0.4) is 0 Å². The van der Waals surface area contributed by atoms with E-state index < -0.39 is 5.82 Å². The van der Waals surface area contributed by atoms with Crippen LogP contribution in [0.5, 0.6) is 5.75 Å². The molecule has 0 amide bonds. The van der Waals surface area contributed by atoms with Crippen molar-refractivity contribution in [1.82, 2.24) is 0 Å². The van der Waals surface area contributed by atoms with Crippen molar-refractivity contribution < 1.29 is 9.13 Å². The average molecular weight is 279 g/mol. The fourth-order valence-corrected chi connectivity index (χ4v) is 1.74. The van der Waals surface area contributed by atoms with Crippen molar-refractivity contribution in [1.29, 1.82) is 5.41 Å². The first-order chi connectivity index (χ1) is 9.06. The van der Waals surface area contributed by atoms with Crippen LogP contribution in [0.1, 0.15) is 11.1 Å². The first-order valence-corrected chi connectivity index (χ1v) is 5.95. The molecule has 5 heteroatoms. The molecule has 0 fully saturated rings. The van der Waals surface area contributed by atoms with Gasteiger partial charge in [0.15, 0.2) is 0 Å². The number of benzene rings is 2. The van der Waals surface area contributed by atoms with Crippen LogP contribution in [0.15, 0.2) is 42.5 Å². The van der Waals surface area contributed by atoms with Gasteiger partial charge in [-0.1, -0.05) is 17.7 Å². The fraction of sp³-hybridized carbons (Fsp3) is 0.0714. The molecule has 0 aromatic heterocycles. The summed E-state index contributed by atoms with van der Waals surface area (Å²) in [6.07, 6.45) is 0. The standard InChI is InChI=1S/C14H12ClFN2O/c15-10-2-5-12(6-3-10)19-8-9-1-4-11(16)7-13(9)14(17)18/h1-7H,8H2,(H3,17,18). The topological polar surface area (TPSA) is 59.1 Å². The first-order valence-electron chi connectivity index (χ1n) is 5.57. The molecule has 0 heterocycles. The molecule has 3 nitrogen and oxygen atoms in total. The van der Waals surface area contributed by atoms with Gasteiger partial charge in [0.1, 0.15) is 24.0 Å². The number of ether oxygens (including phenoxy) is 1. The Morgan fingerprint density at radius 2 is 1.89 bits per heavy atom. The first kappa shape index (κ1) is 13.4. The molecule has 0 aliphatic carbocycles. The van der Waals surface area contributed by atoms with Crippen molar-refractivity contribution in [3.8, 4) is 5.75 Å². The SMILES string of the molecule is N=C(N)c1cc(F)ccc1COc1ccc(Cl)cc1. The van der Waals surface area contributed by atoms with Crippen LogP contribution < -0.4 is 10.5 Å². The van der Waals surface area contributed by atoms with E-state index in [0.717, 1.165) is 0 Å².